The summed E-state index contributed by atoms with van der Waals surface area (Å²) in [5.74, 6) is -3.03. The number of rotatable bonds is 9. The van der Waals surface area contributed by atoms with Crippen molar-refractivity contribution in [2.75, 3.05) is 23.4 Å². The second kappa shape index (κ2) is 12.4. The number of anilines is 2. The summed E-state index contributed by atoms with van der Waals surface area (Å²) in [6.07, 6.45) is 0. The number of nitrogens with two attached hydrogens (primary N) is 1. The fraction of sp³-hybridized carbons (Fsp3) is 0.200. The molecule has 2 aliphatic rings. The summed E-state index contributed by atoms with van der Waals surface area (Å²) in [4.78, 5) is 56.5. The zero-order valence-corrected chi connectivity index (χ0v) is 26.3. The van der Waals surface area contributed by atoms with Gasteiger partial charge < -0.3 is 19.8 Å². The molecule has 12 nitrogen and oxygen atoms in total. The van der Waals surface area contributed by atoms with E-state index in [4.69, 9.17) is 14.6 Å². The molecule has 6 rings (SSSR count). The van der Waals surface area contributed by atoms with Gasteiger partial charge in [-0.05, 0) is 73.2 Å². The molecule has 0 spiro atoms. The molecule has 238 valence electrons. The Balaban J connectivity index is 1.27. The number of carbonyl (C=O) groups is 3. The third kappa shape index (κ3) is 6.03. The lowest BCUT2D eigenvalue weighted by Gasteiger charge is -2.30. The van der Waals surface area contributed by atoms with Crippen LogP contribution < -0.4 is 29.7 Å². The van der Waals surface area contributed by atoms with Gasteiger partial charge in [0, 0.05) is 16.5 Å². The molecule has 46 heavy (non-hydrogen) atoms. The first-order chi connectivity index (χ1) is 21.9. The van der Waals surface area contributed by atoms with Crippen LogP contribution in [0.2, 0.25) is 0 Å². The second-order valence-corrected chi connectivity index (χ2v) is 14.0. The maximum atomic E-state index is 13.9. The van der Waals surface area contributed by atoms with Crippen molar-refractivity contribution in [3.8, 4) is 11.5 Å². The molecule has 3 atom stereocenters. The van der Waals surface area contributed by atoms with Gasteiger partial charge in [0.1, 0.15) is 11.1 Å². The number of aromatic nitrogens is 1. The first kappa shape index (κ1) is 31.5. The molecule has 16 heteroatoms. The average Bonchev–Trinajstić information content (AvgIpc) is 3.51. The highest BCUT2D eigenvalue weighted by atomic mass is 32.2. The fourth-order valence-corrected chi connectivity index (χ4v) is 8.43. The van der Waals surface area contributed by atoms with Crippen molar-refractivity contribution >= 4 is 62.2 Å². The number of hydrogen-bond acceptors (Lipinski definition) is 10. The van der Waals surface area contributed by atoms with Crippen molar-refractivity contribution in [1.29, 1.82) is 0 Å². The number of benzene rings is 3. The van der Waals surface area contributed by atoms with E-state index in [1.165, 1.54) is 48.5 Å². The zero-order chi connectivity index (χ0) is 32.7. The van der Waals surface area contributed by atoms with Crippen LogP contribution in [0.4, 0.5) is 15.8 Å². The number of nitrogens with zero attached hydrogens (tertiary/aromatic N) is 1. The van der Waals surface area contributed by atoms with Crippen molar-refractivity contribution < 1.29 is 36.7 Å². The SMILES string of the molecule is CCOc1cc([C@@H]2c3sc(=O)[nH]c3S[C@H]3C(=O)N(c4ccc(F)cc4)C(=O)[C@@H]23)ccc1OCC(=O)Nc1ccc(S(N)(=O)=O)cc1. The lowest BCUT2D eigenvalue weighted by atomic mass is 9.83. The number of fused-ring (bicyclic) bond motifs is 2. The lowest BCUT2D eigenvalue weighted by Crippen LogP contribution is -2.32. The van der Waals surface area contributed by atoms with Crippen LogP contribution in [0, 0.1) is 11.7 Å². The number of imide groups is 1. The molecule has 1 saturated heterocycles. The van der Waals surface area contributed by atoms with Gasteiger partial charge in [0.2, 0.25) is 21.8 Å². The smallest absolute Gasteiger partial charge is 0.305 e. The Labute approximate surface area is 269 Å². The summed E-state index contributed by atoms with van der Waals surface area (Å²) < 4.78 is 48.1. The number of hydrogen-bond donors (Lipinski definition) is 3. The summed E-state index contributed by atoms with van der Waals surface area (Å²) in [6, 6.07) is 15.3. The van der Waals surface area contributed by atoms with Crippen molar-refractivity contribution in [1.82, 2.24) is 4.98 Å². The third-order valence-electron chi connectivity index (χ3n) is 7.36. The Bertz CT molecular complexity index is 2010. The minimum atomic E-state index is -3.88. The topological polar surface area (TPSA) is 178 Å². The molecule has 2 aliphatic heterocycles. The third-order valence-corrected chi connectivity index (χ3v) is 10.7. The Morgan fingerprint density at radius 3 is 2.39 bits per heavy atom. The normalized spacial score (nSPS) is 19.0. The molecule has 1 fully saturated rings. The van der Waals surface area contributed by atoms with Crippen LogP contribution in [0.1, 0.15) is 23.3 Å². The van der Waals surface area contributed by atoms with E-state index >= 15 is 0 Å². The molecule has 3 aromatic carbocycles. The van der Waals surface area contributed by atoms with Crippen LogP contribution in [0.15, 0.2) is 81.4 Å². The van der Waals surface area contributed by atoms with E-state index in [9.17, 15) is 32.0 Å². The highest BCUT2D eigenvalue weighted by Gasteiger charge is 2.56. The number of amides is 3. The lowest BCUT2D eigenvalue weighted by molar-refractivity contribution is -0.122. The number of primary sulfonamides is 1. The highest BCUT2D eigenvalue weighted by Crippen LogP contribution is 2.53. The van der Waals surface area contributed by atoms with E-state index in [1.807, 2.05) is 0 Å². The second-order valence-electron chi connectivity index (χ2n) is 10.3. The number of aromatic amines is 1. The molecule has 3 amide bonds. The minimum Gasteiger partial charge on any atom is -0.490 e. The Kier molecular flexibility index (Phi) is 8.45. The van der Waals surface area contributed by atoms with Crippen LogP contribution >= 0.6 is 23.1 Å². The van der Waals surface area contributed by atoms with E-state index in [0.717, 1.165) is 28.0 Å². The maximum absolute atomic E-state index is 13.9. The first-order valence-corrected chi connectivity index (χ1v) is 17.0. The molecule has 0 saturated carbocycles. The number of thiazole rings is 1. The van der Waals surface area contributed by atoms with Gasteiger partial charge in [-0.3, -0.25) is 19.2 Å². The Morgan fingerprint density at radius 1 is 1.00 bits per heavy atom. The van der Waals surface area contributed by atoms with Crippen molar-refractivity contribution in [3.63, 3.8) is 0 Å². The van der Waals surface area contributed by atoms with Gasteiger partial charge >= 0.3 is 4.87 Å². The zero-order valence-electron chi connectivity index (χ0n) is 23.9. The molecule has 3 heterocycles. The average molecular weight is 685 g/mol. The minimum absolute atomic E-state index is 0.100. The summed E-state index contributed by atoms with van der Waals surface area (Å²) in [5, 5.41) is 7.37. The molecule has 4 aromatic rings. The van der Waals surface area contributed by atoms with Gasteiger partial charge in [-0.25, -0.2) is 22.8 Å². The Hall–Kier alpha value is -4.51. The summed E-state index contributed by atoms with van der Waals surface area (Å²) in [7, 11) is -3.88. The van der Waals surface area contributed by atoms with E-state index in [1.54, 1.807) is 25.1 Å². The molecule has 0 radical (unpaired) electrons. The Morgan fingerprint density at radius 2 is 1.72 bits per heavy atom. The predicted octanol–water partition coefficient (Wildman–Crippen LogP) is 3.43. The largest absolute Gasteiger partial charge is 0.490 e. The van der Waals surface area contributed by atoms with Gasteiger partial charge in [0.05, 0.1) is 28.1 Å². The quantitative estimate of drug-likeness (QED) is 0.223. The number of thioether (sulfide) groups is 1. The van der Waals surface area contributed by atoms with Crippen LogP contribution in [-0.4, -0.2) is 49.6 Å². The molecule has 0 aliphatic carbocycles. The monoisotopic (exact) mass is 684 g/mol. The highest BCUT2D eigenvalue weighted by molar-refractivity contribution is 8.00. The summed E-state index contributed by atoms with van der Waals surface area (Å²) in [5.41, 5.74) is 1.17. The van der Waals surface area contributed by atoms with Gasteiger partial charge in [-0.15, -0.1) is 0 Å². The van der Waals surface area contributed by atoms with Crippen molar-refractivity contribution in [3.05, 3.63) is 92.7 Å². The van der Waals surface area contributed by atoms with E-state index in [2.05, 4.69) is 10.3 Å². The van der Waals surface area contributed by atoms with Gasteiger partial charge in [-0.2, -0.15) is 0 Å². The van der Waals surface area contributed by atoms with Gasteiger partial charge in [-0.1, -0.05) is 29.2 Å². The standard InChI is InChI=1S/C30H25FN4O8S3/c1-2-42-21-13-15(3-12-20(21)43-14-22(36)33-17-6-10-19(11-7-17)46(32,40)41)23-24-26(44-27-25(23)45-30(39)34-27)29(38)35(28(24)37)18-8-4-16(31)5-9-18/h3-13,23-24,26H,2,14H2,1H3,(H,33,36)(H,34,39)(H2,32,40,41)/t23-,24-,26+/m0/s1. The van der Waals surface area contributed by atoms with Crippen molar-refractivity contribution in [2.45, 2.75) is 28.0 Å². The fourth-order valence-electron chi connectivity index (χ4n) is 5.39. The van der Waals surface area contributed by atoms with Crippen molar-refractivity contribution in [2.24, 2.45) is 11.1 Å². The number of carbonyl (C=O) groups excluding carboxylic acids is 3. The van der Waals surface area contributed by atoms with Gasteiger partial charge in [0.15, 0.2) is 18.1 Å². The van der Waals surface area contributed by atoms with E-state index in [-0.39, 0.29) is 33.6 Å². The summed E-state index contributed by atoms with van der Waals surface area (Å²) >= 11 is 2.08. The molecular formula is C30H25FN4O8S3. The number of halogens is 1. The molecule has 0 unspecified atom stereocenters. The first-order valence-electron chi connectivity index (χ1n) is 13.8. The predicted molar refractivity (Wildman–Crippen MR) is 168 cm³/mol. The molecular weight excluding hydrogens is 660 g/mol. The molecule has 1 aromatic heterocycles. The van der Waals surface area contributed by atoms with E-state index in [0.29, 0.717) is 21.2 Å². The number of ether oxygens (including phenoxy) is 2. The van der Waals surface area contributed by atoms with E-state index < -0.39 is 57.3 Å². The molecule has 4 N–H and O–H groups in total. The van der Waals surface area contributed by atoms with Crippen LogP contribution in [0.3, 0.4) is 0 Å². The summed E-state index contributed by atoms with van der Waals surface area (Å²) in [6.45, 7) is 1.59. The molecule has 0 bridgehead atoms. The number of sulfonamides is 1. The maximum Gasteiger partial charge on any atom is 0.305 e. The number of H-pyrrole nitrogens is 1. The van der Waals surface area contributed by atoms with Crippen LogP contribution in [0.25, 0.3) is 0 Å². The van der Waals surface area contributed by atoms with Crippen LogP contribution in [-0.2, 0) is 24.4 Å². The van der Waals surface area contributed by atoms with Crippen LogP contribution in [0.5, 0.6) is 11.5 Å². The number of nitrogens with one attached hydrogen (secondary N) is 2. The van der Waals surface area contributed by atoms with Gasteiger partial charge in [0.25, 0.3) is 5.91 Å².